The molecule has 0 N–H and O–H groups in total. The van der Waals surface area contributed by atoms with Gasteiger partial charge < -0.3 is 9.32 Å². The van der Waals surface area contributed by atoms with Crippen molar-refractivity contribution in [2.75, 3.05) is 12.3 Å². The van der Waals surface area contributed by atoms with Crippen molar-refractivity contribution in [2.24, 2.45) is 0 Å². The van der Waals surface area contributed by atoms with E-state index in [1.807, 2.05) is 44.2 Å². The molecule has 1 amide bonds. The second kappa shape index (κ2) is 7.74. The van der Waals surface area contributed by atoms with Crippen LogP contribution in [0.15, 0.2) is 63.9 Å². The Labute approximate surface area is 163 Å². The minimum atomic E-state index is -3.75. The molecule has 0 aliphatic heterocycles. The Kier molecular flexibility index (Phi) is 5.58. The number of hydrogen-bond donors (Lipinski definition) is 0. The third-order valence-electron chi connectivity index (χ3n) is 4.47. The fraction of sp³-hybridized carbons (Fsp3) is 0.250. The summed E-state index contributed by atoms with van der Waals surface area (Å²) in [6, 6.07) is 14.9. The molecule has 3 aromatic rings. The number of halogens is 1. The number of amides is 1. The summed E-state index contributed by atoms with van der Waals surface area (Å²) in [6.45, 7) is 4.01. The van der Waals surface area contributed by atoms with Crippen LogP contribution in [0.1, 0.15) is 25.6 Å². The molecule has 0 fully saturated rings. The first kappa shape index (κ1) is 19.5. The van der Waals surface area contributed by atoms with Crippen LogP contribution in [0.2, 0.25) is 5.02 Å². The molecular formula is C20H20ClNO4S. The van der Waals surface area contributed by atoms with E-state index in [4.69, 9.17) is 16.0 Å². The van der Waals surface area contributed by atoms with E-state index in [1.165, 1.54) is 29.2 Å². The molecule has 0 aliphatic carbocycles. The van der Waals surface area contributed by atoms with E-state index in [1.54, 1.807) is 0 Å². The van der Waals surface area contributed by atoms with E-state index in [0.29, 0.717) is 17.3 Å². The van der Waals surface area contributed by atoms with Gasteiger partial charge in [0.05, 0.1) is 10.9 Å². The number of furan rings is 1. The predicted molar refractivity (Wildman–Crippen MR) is 106 cm³/mol. The number of carbonyl (C=O) groups excluding carboxylic acids is 1. The molecule has 2 aromatic carbocycles. The molecule has 0 bridgehead atoms. The highest BCUT2D eigenvalue weighted by Gasteiger charge is 2.28. The van der Waals surface area contributed by atoms with Gasteiger partial charge in [-0.15, -0.1) is 0 Å². The van der Waals surface area contributed by atoms with E-state index in [0.717, 1.165) is 11.0 Å². The Bertz CT molecular complexity index is 1020. The van der Waals surface area contributed by atoms with Crippen molar-refractivity contribution in [3.63, 3.8) is 0 Å². The van der Waals surface area contributed by atoms with E-state index in [2.05, 4.69) is 0 Å². The van der Waals surface area contributed by atoms with Crippen LogP contribution in [-0.2, 0) is 14.6 Å². The summed E-state index contributed by atoms with van der Waals surface area (Å²) < 4.78 is 31.0. The largest absolute Gasteiger partial charge is 0.459 e. The van der Waals surface area contributed by atoms with Crippen molar-refractivity contribution in [1.82, 2.24) is 4.90 Å². The Hall–Kier alpha value is -2.31. The molecule has 0 spiro atoms. The van der Waals surface area contributed by atoms with Gasteiger partial charge in [-0.25, -0.2) is 8.42 Å². The Morgan fingerprint density at radius 2 is 1.81 bits per heavy atom. The Balaban J connectivity index is 1.81. The standard InChI is InChI=1S/C20H20ClNO4S/c1-3-22(14(2)19-12-15-6-4-5-7-18(15)26-19)20(23)13-27(24,25)17-10-8-16(21)9-11-17/h4-12,14H,3,13H2,1-2H3. The topological polar surface area (TPSA) is 67.6 Å². The summed E-state index contributed by atoms with van der Waals surface area (Å²) in [4.78, 5) is 14.3. The SMILES string of the molecule is CCN(C(=O)CS(=O)(=O)c1ccc(Cl)cc1)C(C)c1cc2ccccc2o1. The maximum absolute atomic E-state index is 12.7. The van der Waals surface area contributed by atoms with Crippen molar-refractivity contribution in [1.29, 1.82) is 0 Å². The fourth-order valence-electron chi connectivity index (χ4n) is 3.00. The molecule has 142 valence electrons. The highest BCUT2D eigenvalue weighted by molar-refractivity contribution is 7.92. The fourth-order valence-corrected chi connectivity index (χ4v) is 4.33. The molecule has 0 saturated heterocycles. The van der Waals surface area contributed by atoms with Gasteiger partial charge in [-0.3, -0.25) is 4.79 Å². The highest BCUT2D eigenvalue weighted by atomic mass is 35.5. The number of rotatable bonds is 6. The first-order valence-corrected chi connectivity index (χ1v) is 10.6. The molecule has 1 aromatic heterocycles. The molecule has 1 atom stereocenters. The maximum Gasteiger partial charge on any atom is 0.238 e. The van der Waals surface area contributed by atoms with Crippen molar-refractivity contribution in [2.45, 2.75) is 24.8 Å². The lowest BCUT2D eigenvalue weighted by molar-refractivity contribution is -0.130. The maximum atomic E-state index is 12.7. The third-order valence-corrected chi connectivity index (χ3v) is 6.34. The first-order chi connectivity index (χ1) is 12.8. The van der Waals surface area contributed by atoms with Crippen molar-refractivity contribution in [3.8, 4) is 0 Å². The quantitative estimate of drug-likeness (QED) is 0.606. The van der Waals surface area contributed by atoms with Gasteiger partial charge in [-0.1, -0.05) is 29.8 Å². The smallest absolute Gasteiger partial charge is 0.238 e. The normalized spacial score (nSPS) is 12.9. The lowest BCUT2D eigenvalue weighted by atomic mass is 10.2. The Morgan fingerprint density at radius 3 is 2.44 bits per heavy atom. The lowest BCUT2D eigenvalue weighted by Gasteiger charge is -2.26. The van der Waals surface area contributed by atoms with Crippen LogP contribution in [0.5, 0.6) is 0 Å². The van der Waals surface area contributed by atoms with Crippen molar-refractivity contribution >= 4 is 38.3 Å². The second-order valence-corrected chi connectivity index (χ2v) is 8.68. The zero-order chi connectivity index (χ0) is 19.6. The van der Waals surface area contributed by atoms with Crippen molar-refractivity contribution in [3.05, 3.63) is 65.4 Å². The van der Waals surface area contributed by atoms with E-state index in [-0.39, 0.29) is 10.9 Å². The lowest BCUT2D eigenvalue weighted by Crippen LogP contribution is -2.37. The van der Waals surface area contributed by atoms with Crippen LogP contribution in [0.3, 0.4) is 0 Å². The molecule has 0 radical (unpaired) electrons. The van der Waals surface area contributed by atoms with E-state index < -0.39 is 21.5 Å². The minimum Gasteiger partial charge on any atom is -0.459 e. The molecule has 7 heteroatoms. The minimum absolute atomic E-state index is 0.0766. The summed E-state index contributed by atoms with van der Waals surface area (Å²) in [5.74, 6) is -0.455. The van der Waals surface area contributed by atoms with Gasteiger partial charge in [0, 0.05) is 17.0 Å². The van der Waals surface area contributed by atoms with Crippen LogP contribution in [0.25, 0.3) is 11.0 Å². The number of hydrogen-bond acceptors (Lipinski definition) is 4. The summed E-state index contributed by atoms with van der Waals surface area (Å²) in [5, 5.41) is 1.38. The third kappa shape index (κ3) is 4.17. The van der Waals surface area contributed by atoms with Gasteiger partial charge in [-0.05, 0) is 50.2 Å². The molecule has 1 heterocycles. The summed E-state index contributed by atoms with van der Waals surface area (Å²) in [6.07, 6.45) is 0. The molecule has 0 saturated carbocycles. The molecular weight excluding hydrogens is 386 g/mol. The number of sulfone groups is 1. The van der Waals surface area contributed by atoms with Gasteiger partial charge in [0.15, 0.2) is 9.84 Å². The molecule has 1 unspecified atom stereocenters. The Morgan fingerprint density at radius 1 is 1.15 bits per heavy atom. The van der Waals surface area contributed by atoms with E-state index >= 15 is 0 Å². The van der Waals surface area contributed by atoms with Gasteiger partial charge in [0.25, 0.3) is 0 Å². The average Bonchev–Trinajstić information content (AvgIpc) is 3.06. The van der Waals surface area contributed by atoms with Crippen molar-refractivity contribution < 1.29 is 17.6 Å². The molecule has 5 nitrogen and oxygen atoms in total. The van der Waals surface area contributed by atoms with Crippen LogP contribution >= 0.6 is 11.6 Å². The highest BCUT2D eigenvalue weighted by Crippen LogP contribution is 2.28. The summed E-state index contributed by atoms with van der Waals surface area (Å²) >= 11 is 5.80. The monoisotopic (exact) mass is 405 g/mol. The molecule has 27 heavy (non-hydrogen) atoms. The van der Waals surface area contributed by atoms with Crippen LogP contribution in [0, 0.1) is 0 Å². The average molecular weight is 406 g/mol. The van der Waals surface area contributed by atoms with Gasteiger partial charge in [0.1, 0.15) is 17.1 Å². The zero-order valence-electron chi connectivity index (χ0n) is 15.1. The summed E-state index contributed by atoms with van der Waals surface area (Å²) in [7, 11) is -3.75. The predicted octanol–water partition coefficient (Wildman–Crippen LogP) is 4.47. The number of para-hydroxylation sites is 1. The number of carbonyl (C=O) groups is 1. The second-order valence-electron chi connectivity index (χ2n) is 6.26. The zero-order valence-corrected chi connectivity index (χ0v) is 16.6. The summed E-state index contributed by atoms with van der Waals surface area (Å²) in [5.41, 5.74) is 0.733. The van der Waals surface area contributed by atoms with E-state index in [9.17, 15) is 13.2 Å². The van der Waals surface area contributed by atoms with Gasteiger partial charge in [0.2, 0.25) is 5.91 Å². The van der Waals surface area contributed by atoms with Crippen LogP contribution in [-0.4, -0.2) is 31.5 Å². The van der Waals surface area contributed by atoms with Gasteiger partial charge >= 0.3 is 0 Å². The molecule has 0 aliphatic rings. The number of nitrogens with zero attached hydrogens (tertiary/aromatic N) is 1. The molecule has 3 rings (SSSR count). The van der Waals surface area contributed by atoms with Crippen LogP contribution < -0.4 is 0 Å². The number of benzene rings is 2. The van der Waals surface area contributed by atoms with Crippen LogP contribution in [0.4, 0.5) is 0 Å². The number of fused-ring (bicyclic) bond motifs is 1. The van der Waals surface area contributed by atoms with Gasteiger partial charge in [-0.2, -0.15) is 0 Å². The first-order valence-electron chi connectivity index (χ1n) is 8.58.